The Hall–Kier alpha value is -1.04. The average Bonchev–Trinajstić information content (AvgIpc) is 1.68. The summed E-state index contributed by atoms with van der Waals surface area (Å²) in [5.74, 6) is 0. The van der Waals surface area contributed by atoms with Crippen molar-refractivity contribution in [3.8, 4) is 6.07 Å². The lowest BCUT2D eigenvalue weighted by atomic mass is 10.7. The maximum atomic E-state index is 7.99. The average molecular weight is 97.1 g/mol. The Labute approximate surface area is 42.9 Å². The van der Waals surface area contributed by atoms with E-state index >= 15 is 0 Å². The topological polar surface area (TPSA) is 39.4 Å². The van der Waals surface area contributed by atoms with Gasteiger partial charge in [-0.15, -0.1) is 0 Å². The number of hydrogen-bond donors (Lipinski definition) is 0. The standard InChI is InChI=1S/C4H7N3/c1-6-7(2)4-3-5/h1,4H2,2H3. The fraction of sp³-hybridized carbons (Fsp3) is 0.500. The van der Waals surface area contributed by atoms with Crippen LogP contribution in [0.4, 0.5) is 0 Å². The van der Waals surface area contributed by atoms with E-state index in [0.717, 1.165) is 0 Å². The molecule has 0 heterocycles. The Morgan fingerprint density at radius 3 is 2.71 bits per heavy atom. The lowest BCUT2D eigenvalue weighted by Crippen LogP contribution is -2.08. The molecular formula is C4H7N3. The minimum absolute atomic E-state index is 0.309. The first-order valence-electron chi connectivity index (χ1n) is 1.86. The summed E-state index contributed by atoms with van der Waals surface area (Å²) in [4.78, 5) is 0. The number of hydrogen-bond acceptors (Lipinski definition) is 3. The Morgan fingerprint density at radius 1 is 2.00 bits per heavy atom. The second-order valence-electron chi connectivity index (χ2n) is 1.12. The van der Waals surface area contributed by atoms with E-state index in [1.54, 1.807) is 7.05 Å². The Bertz CT molecular complexity index is 91.6. The Balaban J connectivity index is 3.21. The van der Waals surface area contributed by atoms with Gasteiger partial charge >= 0.3 is 0 Å². The van der Waals surface area contributed by atoms with Crippen LogP contribution in [-0.2, 0) is 0 Å². The van der Waals surface area contributed by atoms with Crippen LogP contribution in [0.5, 0.6) is 0 Å². The second kappa shape index (κ2) is 3.16. The highest BCUT2D eigenvalue weighted by Crippen LogP contribution is 1.74. The number of nitrogens with zero attached hydrogens (tertiary/aromatic N) is 3. The van der Waals surface area contributed by atoms with Crippen LogP contribution in [0.15, 0.2) is 5.10 Å². The van der Waals surface area contributed by atoms with Crippen molar-refractivity contribution in [3.05, 3.63) is 0 Å². The molecule has 0 aliphatic heterocycles. The minimum atomic E-state index is 0.309. The zero-order chi connectivity index (χ0) is 5.70. The maximum absolute atomic E-state index is 7.99. The predicted octanol–water partition coefficient (Wildman–Crippen LogP) is 0.0574. The van der Waals surface area contributed by atoms with E-state index in [2.05, 4.69) is 11.8 Å². The lowest BCUT2D eigenvalue weighted by Gasteiger charge is -2.02. The van der Waals surface area contributed by atoms with Crippen molar-refractivity contribution in [2.75, 3.05) is 13.6 Å². The first kappa shape index (κ1) is 5.96. The van der Waals surface area contributed by atoms with Gasteiger partial charge in [0, 0.05) is 13.8 Å². The molecule has 0 radical (unpaired) electrons. The summed E-state index contributed by atoms with van der Waals surface area (Å²) in [6, 6.07) is 1.91. The molecule has 7 heavy (non-hydrogen) atoms. The second-order valence-corrected chi connectivity index (χ2v) is 1.12. The summed E-state index contributed by atoms with van der Waals surface area (Å²) in [6.07, 6.45) is 0. The molecule has 0 aromatic rings. The van der Waals surface area contributed by atoms with Crippen molar-refractivity contribution in [3.63, 3.8) is 0 Å². The summed E-state index contributed by atoms with van der Waals surface area (Å²) >= 11 is 0. The van der Waals surface area contributed by atoms with Gasteiger partial charge in [-0.05, 0) is 0 Å². The predicted molar refractivity (Wildman–Crippen MR) is 27.8 cm³/mol. The SMILES string of the molecule is C=NN(C)CC#N. The molecule has 0 aromatic carbocycles. The Morgan fingerprint density at radius 2 is 2.57 bits per heavy atom. The molecule has 0 rings (SSSR count). The molecule has 38 valence electrons. The quantitative estimate of drug-likeness (QED) is 0.277. The van der Waals surface area contributed by atoms with E-state index in [1.807, 2.05) is 6.07 Å². The monoisotopic (exact) mass is 97.1 g/mol. The molecular weight excluding hydrogens is 90.1 g/mol. The number of hydrazone groups is 1. The fourth-order valence-corrected chi connectivity index (χ4v) is 0.152. The van der Waals surface area contributed by atoms with Crippen molar-refractivity contribution < 1.29 is 0 Å². The molecule has 0 amide bonds. The van der Waals surface area contributed by atoms with Crippen LogP contribution >= 0.6 is 0 Å². The molecule has 0 aliphatic rings. The third-order valence-electron chi connectivity index (χ3n) is 0.541. The van der Waals surface area contributed by atoms with E-state index in [0.29, 0.717) is 6.54 Å². The fourth-order valence-electron chi connectivity index (χ4n) is 0.152. The third kappa shape index (κ3) is 2.77. The first-order chi connectivity index (χ1) is 3.31. The molecule has 3 nitrogen and oxygen atoms in total. The summed E-state index contributed by atoms with van der Waals surface area (Å²) in [5.41, 5.74) is 0. The van der Waals surface area contributed by atoms with Crippen LogP contribution < -0.4 is 0 Å². The van der Waals surface area contributed by atoms with E-state index in [4.69, 9.17) is 5.26 Å². The summed E-state index contributed by atoms with van der Waals surface area (Å²) in [6.45, 7) is 3.51. The van der Waals surface area contributed by atoms with Gasteiger partial charge in [-0.2, -0.15) is 10.4 Å². The van der Waals surface area contributed by atoms with Crippen LogP contribution in [0, 0.1) is 11.3 Å². The van der Waals surface area contributed by atoms with E-state index in [-0.39, 0.29) is 0 Å². The van der Waals surface area contributed by atoms with Crippen molar-refractivity contribution in [2.45, 2.75) is 0 Å². The third-order valence-corrected chi connectivity index (χ3v) is 0.541. The van der Waals surface area contributed by atoms with E-state index in [1.165, 1.54) is 5.01 Å². The van der Waals surface area contributed by atoms with E-state index < -0.39 is 0 Å². The van der Waals surface area contributed by atoms with Gasteiger partial charge in [0.2, 0.25) is 0 Å². The molecule has 0 spiro atoms. The molecule has 0 saturated carbocycles. The zero-order valence-corrected chi connectivity index (χ0v) is 4.26. The summed E-state index contributed by atoms with van der Waals surface area (Å²) in [7, 11) is 1.69. The van der Waals surface area contributed by atoms with Crippen LogP contribution in [0.3, 0.4) is 0 Å². The molecule has 0 saturated heterocycles. The highest BCUT2D eigenvalue weighted by Gasteiger charge is 1.81. The van der Waals surface area contributed by atoms with Crippen molar-refractivity contribution in [2.24, 2.45) is 5.10 Å². The van der Waals surface area contributed by atoms with Crippen LogP contribution in [0.25, 0.3) is 0 Å². The molecule has 0 aromatic heterocycles. The van der Waals surface area contributed by atoms with Crippen LogP contribution in [-0.4, -0.2) is 25.3 Å². The molecule has 0 atom stereocenters. The summed E-state index contributed by atoms with van der Waals surface area (Å²) < 4.78 is 0. The normalized spacial score (nSPS) is 6.86. The van der Waals surface area contributed by atoms with Crippen molar-refractivity contribution in [1.82, 2.24) is 5.01 Å². The molecule has 3 heteroatoms. The van der Waals surface area contributed by atoms with Gasteiger partial charge in [0.15, 0.2) is 0 Å². The highest BCUT2D eigenvalue weighted by molar-refractivity contribution is 5.22. The minimum Gasteiger partial charge on any atom is -0.287 e. The first-order valence-corrected chi connectivity index (χ1v) is 1.86. The van der Waals surface area contributed by atoms with Crippen LogP contribution in [0.2, 0.25) is 0 Å². The number of nitriles is 1. The molecule has 0 aliphatic carbocycles. The van der Waals surface area contributed by atoms with Gasteiger partial charge in [0.1, 0.15) is 6.54 Å². The van der Waals surface area contributed by atoms with E-state index in [9.17, 15) is 0 Å². The van der Waals surface area contributed by atoms with Gasteiger partial charge in [-0.1, -0.05) is 0 Å². The van der Waals surface area contributed by atoms with Gasteiger partial charge in [-0.25, -0.2) is 0 Å². The van der Waals surface area contributed by atoms with Crippen molar-refractivity contribution in [1.29, 1.82) is 5.26 Å². The van der Waals surface area contributed by atoms with Crippen LogP contribution in [0.1, 0.15) is 0 Å². The smallest absolute Gasteiger partial charge is 0.122 e. The molecule has 0 fully saturated rings. The van der Waals surface area contributed by atoms with Gasteiger partial charge in [-0.3, -0.25) is 5.01 Å². The molecule has 0 N–H and O–H groups in total. The number of rotatable bonds is 2. The van der Waals surface area contributed by atoms with Crippen molar-refractivity contribution >= 4 is 6.72 Å². The van der Waals surface area contributed by atoms with Gasteiger partial charge in [0.05, 0.1) is 6.07 Å². The molecule has 0 bridgehead atoms. The lowest BCUT2D eigenvalue weighted by molar-refractivity contribution is 0.403. The van der Waals surface area contributed by atoms with Gasteiger partial charge in [0.25, 0.3) is 0 Å². The zero-order valence-electron chi connectivity index (χ0n) is 4.26. The maximum Gasteiger partial charge on any atom is 0.122 e. The largest absolute Gasteiger partial charge is 0.287 e. The molecule has 0 unspecified atom stereocenters. The van der Waals surface area contributed by atoms with Gasteiger partial charge < -0.3 is 0 Å². The summed E-state index contributed by atoms with van der Waals surface area (Å²) in [5, 5.41) is 12.9. The Kier molecular flexibility index (Phi) is 2.69. The highest BCUT2D eigenvalue weighted by atomic mass is 15.4.